The Labute approximate surface area is 152 Å². The molecule has 1 aromatic carbocycles. The van der Waals surface area contributed by atoms with E-state index in [-0.39, 0.29) is 15.6 Å². The predicted molar refractivity (Wildman–Crippen MR) is 97.7 cm³/mol. The number of nitrogens with one attached hydrogen (secondary N) is 1. The van der Waals surface area contributed by atoms with Crippen LogP contribution < -0.4 is 4.72 Å². The Bertz CT molecular complexity index is 992. The van der Waals surface area contributed by atoms with E-state index >= 15 is 0 Å². The number of hydrogen-bond donors (Lipinski definition) is 1. The van der Waals surface area contributed by atoms with Gasteiger partial charge in [-0.1, -0.05) is 6.07 Å². The standard InChI is InChI=1S/C16H20N2O4S3/c1-18(2)25(21,22)16-9-7-14(23-16)11-17-24(19,20)15-8-6-12-4-3-5-13(12)10-15/h6-10,17H,3-5,11H2,1-2H3. The number of fused-ring (bicyclic) bond motifs is 1. The fourth-order valence-corrected chi connectivity index (χ4v) is 6.35. The summed E-state index contributed by atoms with van der Waals surface area (Å²) in [7, 11) is -4.19. The molecule has 0 aliphatic heterocycles. The van der Waals surface area contributed by atoms with Crippen LogP contribution in [0.25, 0.3) is 0 Å². The van der Waals surface area contributed by atoms with Gasteiger partial charge >= 0.3 is 0 Å². The van der Waals surface area contributed by atoms with E-state index in [4.69, 9.17) is 0 Å². The van der Waals surface area contributed by atoms with Crippen LogP contribution >= 0.6 is 11.3 Å². The fourth-order valence-electron chi connectivity index (χ4n) is 2.74. The van der Waals surface area contributed by atoms with Gasteiger partial charge in [0.25, 0.3) is 10.0 Å². The van der Waals surface area contributed by atoms with Gasteiger partial charge in [0.2, 0.25) is 10.0 Å². The summed E-state index contributed by atoms with van der Waals surface area (Å²) in [6.07, 6.45) is 2.97. The third-order valence-electron chi connectivity index (χ3n) is 4.19. The minimum atomic E-state index is -3.63. The van der Waals surface area contributed by atoms with Crippen molar-refractivity contribution in [3.63, 3.8) is 0 Å². The molecule has 0 radical (unpaired) electrons. The van der Waals surface area contributed by atoms with Crippen LogP contribution in [0, 0.1) is 0 Å². The van der Waals surface area contributed by atoms with Crippen LogP contribution in [-0.4, -0.2) is 35.2 Å². The first kappa shape index (κ1) is 18.5. The Morgan fingerprint density at radius 1 is 1.04 bits per heavy atom. The van der Waals surface area contributed by atoms with Crippen molar-refractivity contribution < 1.29 is 16.8 Å². The zero-order chi connectivity index (χ0) is 18.2. The average molecular weight is 401 g/mol. The molecule has 1 aliphatic carbocycles. The summed E-state index contributed by atoms with van der Waals surface area (Å²) in [4.78, 5) is 0.899. The maximum atomic E-state index is 12.5. The predicted octanol–water partition coefficient (Wildman–Crippen LogP) is 1.97. The molecule has 0 saturated heterocycles. The summed E-state index contributed by atoms with van der Waals surface area (Å²) in [6, 6.07) is 8.37. The molecule has 0 spiro atoms. The van der Waals surface area contributed by atoms with Gasteiger partial charge in [-0.15, -0.1) is 11.3 Å². The van der Waals surface area contributed by atoms with Gasteiger partial charge in [-0.05, 0) is 54.7 Å². The molecule has 1 aromatic heterocycles. The number of aryl methyl sites for hydroxylation is 2. The number of sulfonamides is 2. The van der Waals surface area contributed by atoms with Crippen molar-refractivity contribution in [2.45, 2.75) is 34.9 Å². The molecule has 1 heterocycles. The van der Waals surface area contributed by atoms with Gasteiger partial charge in [-0.3, -0.25) is 0 Å². The van der Waals surface area contributed by atoms with Crippen LogP contribution in [0.15, 0.2) is 39.4 Å². The van der Waals surface area contributed by atoms with Crippen molar-refractivity contribution in [3.05, 3.63) is 46.3 Å². The van der Waals surface area contributed by atoms with Gasteiger partial charge in [0.15, 0.2) is 0 Å². The van der Waals surface area contributed by atoms with Gasteiger partial charge in [0, 0.05) is 25.5 Å². The van der Waals surface area contributed by atoms with E-state index in [1.165, 1.54) is 25.7 Å². The van der Waals surface area contributed by atoms with E-state index in [9.17, 15) is 16.8 Å². The highest BCUT2D eigenvalue weighted by atomic mass is 32.2. The van der Waals surface area contributed by atoms with Crippen LogP contribution in [0.2, 0.25) is 0 Å². The first-order valence-electron chi connectivity index (χ1n) is 7.83. The van der Waals surface area contributed by atoms with Crippen LogP contribution in [0.4, 0.5) is 0 Å². The van der Waals surface area contributed by atoms with Crippen molar-refractivity contribution in [3.8, 4) is 0 Å². The minimum absolute atomic E-state index is 0.0625. The Hall–Kier alpha value is -1.26. The van der Waals surface area contributed by atoms with E-state index in [1.807, 2.05) is 6.07 Å². The number of thiophene rings is 1. The number of hydrogen-bond acceptors (Lipinski definition) is 5. The maximum Gasteiger partial charge on any atom is 0.252 e. The number of rotatable bonds is 6. The molecule has 1 aliphatic rings. The fraction of sp³-hybridized carbons (Fsp3) is 0.375. The molecule has 136 valence electrons. The molecule has 0 fully saturated rings. The highest BCUT2D eigenvalue weighted by Crippen LogP contribution is 2.26. The highest BCUT2D eigenvalue weighted by molar-refractivity contribution is 7.91. The Balaban J connectivity index is 1.74. The molecule has 0 amide bonds. The minimum Gasteiger partial charge on any atom is -0.207 e. The van der Waals surface area contributed by atoms with E-state index in [2.05, 4.69) is 4.72 Å². The Morgan fingerprint density at radius 3 is 2.48 bits per heavy atom. The smallest absolute Gasteiger partial charge is 0.207 e. The molecule has 2 aromatic rings. The molecule has 1 N–H and O–H groups in total. The summed E-state index contributed by atoms with van der Waals surface area (Å²) in [5.41, 5.74) is 2.31. The summed E-state index contributed by atoms with van der Waals surface area (Å²) in [6.45, 7) is 0.0625. The number of nitrogens with zero attached hydrogens (tertiary/aromatic N) is 1. The second-order valence-electron chi connectivity index (χ2n) is 6.12. The van der Waals surface area contributed by atoms with E-state index in [0.29, 0.717) is 4.88 Å². The molecule has 0 unspecified atom stereocenters. The van der Waals surface area contributed by atoms with Gasteiger partial charge in [0.1, 0.15) is 4.21 Å². The van der Waals surface area contributed by atoms with Gasteiger partial charge in [0.05, 0.1) is 4.90 Å². The third-order valence-corrected chi connectivity index (χ3v) is 8.96. The van der Waals surface area contributed by atoms with Crippen molar-refractivity contribution in [2.24, 2.45) is 0 Å². The first-order valence-corrected chi connectivity index (χ1v) is 11.6. The summed E-state index contributed by atoms with van der Waals surface area (Å²) >= 11 is 1.07. The molecule has 0 saturated carbocycles. The zero-order valence-corrected chi connectivity index (χ0v) is 16.5. The molecular formula is C16H20N2O4S3. The van der Waals surface area contributed by atoms with Crippen molar-refractivity contribution in [1.29, 1.82) is 0 Å². The van der Waals surface area contributed by atoms with E-state index in [0.717, 1.165) is 40.5 Å². The Morgan fingerprint density at radius 2 is 1.76 bits per heavy atom. The number of benzene rings is 1. The summed E-state index contributed by atoms with van der Waals surface area (Å²) < 4.78 is 53.0. The van der Waals surface area contributed by atoms with Crippen LogP contribution in [0.5, 0.6) is 0 Å². The second kappa shape index (κ2) is 6.81. The summed E-state index contributed by atoms with van der Waals surface area (Å²) in [5.74, 6) is 0. The molecule has 0 bridgehead atoms. The van der Waals surface area contributed by atoms with Crippen molar-refractivity contribution in [2.75, 3.05) is 14.1 Å². The summed E-state index contributed by atoms with van der Waals surface area (Å²) in [5, 5.41) is 0. The average Bonchev–Trinajstić information content (AvgIpc) is 3.21. The Kier molecular flexibility index (Phi) is 5.04. The van der Waals surface area contributed by atoms with Crippen molar-refractivity contribution in [1.82, 2.24) is 9.03 Å². The van der Waals surface area contributed by atoms with Crippen LogP contribution in [0.3, 0.4) is 0 Å². The SMILES string of the molecule is CN(C)S(=O)(=O)c1ccc(CNS(=O)(=O)c2ccc3c(c2)CCC3)s1. The highest BCUT2D eigenvalue weighted by Gasteiger charge is 2.21. The second-order valence-corrected chi connectivity index (χ2v) is 11.4. The molecule has 3 rings (SSSR count). The topological polar surface area (TPSA) is 83.6 Å². The molecule has 0 atom stereocenters. The molecule has 6 nitrogen and oxygen atoms in total. The van der Waals surface area contributed by atoms with Gasteiger partial charge in [-0.25, -0.2) is 25.9 Å². The molecular weight excluding hydrogens is 380 g/mol. The maximum absolute atomic E-state index is 12.5. The zero-order valence-electron chi connectivity index (χ0n) is 14.0. The molecule has 9 heteroatoms. The quantitative estimate of drug-likeness (QED) is 0.803. The van der Waals surface area contributed by atoms with E-state index in [1.54, 1.807) is 18.2 Å². The monoisotopic (exact) mass is 400 g/mol. The lowest BCUT2D eigenvalue weighted by Gasteiger charge is -2.09. The lowest BCUT2D eigenvalue weighted by atomic mass is 10.1. The largest absolute Gasteiger partial charge is 0.252 e. The lowest BCUT2D eigenvalue weighted by molar-refractivity contribution is 0.523. The normalized spacial score (nSPS) is 14.8. The first-order chi connectivity index (χ1) is 11.7. The molecule has 25 heavy (non-hydrogen) atoms. The van der Waals surface area contributed by atoms with Crippen LogP contribution in [-0.2, 0) is 39.4 Å². The van der Waals surface area contributed by atoms with Crippen LogP contribution in [0.1, 0.15) is 22.4 Å². The van der Waals surface area contributed by atoms with Gasteiger partial charge < -0.3 is 0 Å². The van der Waals surface area contributed by atoms with E-state index < -0.39 is 20.0 Å². The van der Waals surface area contributed by atoms with Gasteiger partial charge in [-0.2, -0.15) is 0 Å². The third kappa shape index (κ3) is 3.80. The lowest BCUT2D eigenvalue weighted by Crippen LogP contribution is -2.23. The van der Waals surface area contributed by atoms with Crippen molar-refractivity contribution >= 4 is 31.4 Å².